The number of aryl methyl sites for hydroxylation is 2. The second-order valence-electron chi connectivity index (χ2n) is 9.99. The summed E-state index contributed by atoms with van der Waals surface area (Å²) in [5.41, 5.74) is -0.499. The van der Waals surface area contributed by atoms with Crippen LogP contribution in [0.1, 0.15) is 37.0 Å². The van der Waals surface area contributed by atoms with Gasteiger partial charge in [0, 0.05) is 44.0 Å². The van der Waals surface area contributed by atoms with Crippen molar-refractivity contribution in [3.05, 3.63) is 58.9 Å². The topological polar surface area (TPSA) is 35.9 Å². The van der Waals surface area contributed by atoms with E-state index in [9.17, 15) is 22.7 Å². The molecule has 0 radical (unpaired) electrons. The van der Waals surface area contributed by atoms with Crippen molar-refractivity contribution in [2.24, 2.45) is 0 Å². The van der Waals surface area contributed by atoms with Gasteiger partial charge in [-0.2, -0.15) is 13.2 Å². The zero-order chi connectivity index (χ0) is 25.3. The van der Waals surface area contributed by atoms with Crippen molar-refractivity contribution >= 4 is 5.69 Å². The Hall–Kier alpha value is -2.32. The highest BCUT2D eigenvalue weighted by Crippen LogP contribution is 2.44. The average molecular weight is 483 g/mol. The van der Waals surface area contributed by atoms with Gasteiger partial charge in [-0.25, -0.2) is 4.39 Å². The molecule has 0 amide bonds. The molecule has 0 saturated carbocycles. The van der Waals surface area contributed by atoms with Crippen LogP contribution in [-0.2, 0) is 5.41 Å². The highest BCUT2D eigenvalue weighted by Gasteiger charge is 2.57. The van der Waals surface area contributed by atoms with Crippen LogP contribution in [0, 0.1) is 19.7 Å². The minimum atomic E-state index is -4.85. The minimum Gasteiger partial charge on any atom is -0.496 e. The van der Waals surface area contributed by atoms with Crippen LogP contribution in [0.25, 0.3) is 0 Å². The van der Waals surface area contributed by atoms with Gasteiger partial charge in [0.25, 0.3) is 0 Å². The molecule has 2 aromatic rings. The number of rotatable bonds is 7. The largest absolute Gasteiger partial charge is 0.496 e. The molecule has 2 aromatic carbocycles. The van der Waals surface area contributed by atoms with Gasteiger partial charge in [-0.3, -0.25) is 4.90 Å². The van der Waals surface area contributed by atoms with Crippen LogP contribution in [0.3, 0.4) is 0 Å². The van der Waals surface area contributed by atoms with E-state index in [-0.39, 0.29) is 11.3 Å². The van der Waals surface area contributed by atoms with Crippen molar-refractivity contribution in [1.29, 1.82) is 0 Å². The minimum absolute atomic E-state index is 0.289. The first-order valence-corrected chi connectivity index (χ1v) is 11.4. The molecule has 1 N–H and O–H groups in total. The van der Waals surface area contributed by atoms with Crippen LogP contribution in [0.5, 0.6) is 5.75 Å². The molecule has 188 valence electrons. The van der Waals surface area contributed by atoms with Crippen LogP contribution >= 0.6 is 0 Å². The Morgan fingerprint density at radius 1 is 0.971 bits per heavy atom. The summed E-state index contributed by atoms with van der Waals surface area (Å²) in [4.78, 5) is 3.83. The maximum Gasteiger partial charge on any atom is 0.418 e. The molecule has 3 rings (SSSR count). The molecule has 1 aliphatic heterocycles. The van der Waals surface area contributed by atoms with Gasteiger partial charge in [-0.1, -0.05) is 31.5 Å². The first-order valence-electron chi connectivity index (χ1n) is 11.4. The van der Waals surface area contributed by atoms with E-state index in [4.69, 9.17) is 4.74 Å². The lowest BCUT2D eigenvalue weighted by atomic mass is 9.74. The monoisotopic (exact) mass is 482 g/mol. The van der Waals surface area contributed by atoms with E-state index < -0.39 is 36.0 Å². The van der Waals surface area contributed by atoms with Crippen LogP contribution in [0.15, 0.2) is 36.4 Å². The van der Waals surface area contributed by atoms with Crippen LogP contribution < -0.4 is 9.64 Å². The Morgan fingerprint density at radius 2 is 1.62 bits per heavy atom. The fourth-order valence-corrected chi connectivity index (χ4v) is 4.96. The number of anilines is 1. The normalized spacial score (nSPS) is 17.5. The van der Waals surface area contributed by atoms with E-state index in [1.807, 2.05) is 26.0 Å². The molecule has 0 aromatic heterocycles. The van der Waals surface area contributed by atoms with E-state index >= 15 is 0 Å². The SMILES string of the molecule is COc1ccc(F)cc1C(C)(C)CC(O)(CN1CCN(c2ccc(C)cc2C)CC1)C(F)(F)F. The number of hydrogen-bond acceptors (Lipinski definition) is 4. The summed E-state index contributed by atoms with van der Waals surface area (Å²) in [6, 6.07) is 9.93. The number of methoxy groups -OCH3 is 1. The van der Waals surface area contributed by atoms with Gasteiger partial charge < -0.3 is 14.7 Å². The molecule has 1 unspecified atom stereocenters. The van der Waals surface area contributed by atoms with Crippen molar-refractivity contribution in [2.75, 3.05) is 44.7 Å². The summed E-state index contributed by atoms with van der Waals surface area (Å²) in [6.07, 6.45) is -5.48. The van der Waals surface area contributed by atoms with Crippen molar-refractivity contribution in [1.82, 2.24) is 4.90 Å². The quantitative estimate of drug-likeness (QED) is 0.548. The van der Waals surface area contributed by atoms with Crippen molar-refractivity contribution in [2.45, 2.75) is 51.3 Å². The summed E-state index contributed by atoms with van der Waals surface area (Å²) in [7, 11) is 1.39. The van der Waals surface area contributed by atoms with Gasteiger partial charge >= 0.3 is 6.18 Å². The van der Waals surface area contributed by atoms with Gasteiger partial charge in [0.1, 0.15) is 11.6 Å². The Morgan fingerprint density at radius 3 is 2.18 bits per heavy atom. The maximum atomic E-state index is 14.2. The first kappa shape index (κ1) is 26.3. The van der Waals surface area contributed by atoms with E-state index in [0.29, 0.717) is 26.2 Å². The third-order valence-corrected chi connectivity index (χ3v) is 6.70. The zero-order valence-electron chi connectivity index (χ0n) is 20.5. The van der Waals surface area contributed by atoms with Crippen LogP contribution in [0.4, 0.5) is 23.2 Å². The lowest BCUT2D eigenvalue weighted by molar-refractivity contribution is -0.271. The van der Waals surface area contributed by atoms with Crippen LogP contribution in [-0.4, -0.2) is 61.6 Å². The average Bonchev–Trinajstić information content (AvgIpc) is 2.73. The summed E-state index contributed by atoms with van der Waals surface area (Å²) in [5.74, 6) is -0.278. The number of aliphatic hydroxyl groups is 1. The number of benzene rings is 2. The number of piperazine rings is 1. The van der Waals surface area contributed by atoms with E-state index in [0.717, 1.165) is 16.8 Å². The molecule has 1 heterocycles. The number of alkyl halides is 3. The second-order valence-corrected chi connectivity index (χ2v) is 9.99. The number of hydrogen-bond donors (Lipinski definition) is 1. The molecule has 1 saturated heterocycles. The third-order valence-electron chi connectivity index (χ3n) is 6.70. The fourth-order valence-electron chi connectivity index (χ4n) is 4.96. The zero-order valence-corrected chi connectivity index (χ0v) is 20.5. The van der Waals surface area contributed by atoms with Gasteiger partial charge in [-0.15, -0.1) is 0 Å². The molecule has 1 atom stereocenters. The molecule has 34 heavy (non-hydrogen) atoms. The Kier molecular flexibility index (Phi) is 7.53. The molecule has 0 spiro atoms. The summed E-state index contributed by atoms with van der Waals surface area (Å²) in [6.45, 7) is 8.58. The second kappa shape index (κ2) is 9.74. The van der Waals surface area contributed by atoms with Crippen molar-refractivity contribution < 1.29 is 27.4 Å². The molecule has 1 fully saturated rings. The predicted molar refractivity (Wildman–Crippen MR) is 126 cm³/mol. The third kappa shape index (κ3) is 5.66. The van der Waals surface area contributed by atoms with Gasteiger partial charge in [0.05, 0.1) is 7.11 Å². The van der Waals surface area contributed by atoms with Gasteiger partial charge in [0.2, 0.25) is 0 Å². The molecule has 0 bridgehead atoms. The summed E-state index contributed by atoms with van der Waals surface area (Å²) < 4.78 is 61.8. The van der Waals surface area contributed by atoms with E-state index in [2.05, 4.69) is 11.0 Å². The molecule has 0 aliphatic carbocycles. The molecule has 1 aliphatic rings. The van der Waals surface area contributed by atoms with E-state index in [1.54, 1.807) is 18.7 Å². The number of ether oxygens (including phenoxy) is 1. The van der Waals surface area contributed by atoms with Gasteiger partial charge in [-0.05, 0) is 55.5 Å². The fraction of sp³-hybridized carbons (Fsp3) is 0.538. The molecule has 8 heteroatoms. The summed E-state index contributed by atoms with van der Waals surface area (Å²) in [5, 5.41) is 11.0. The Bertz CT molecular complexity index is 1000. The highest BCUT2D eigenvalue weighted by molar-refractivity contribution is 5.54. The Balaban J connectivity index is 1.77. The number of halogens is 4. The highest BCUT2D eigenvalue weighted by atomic mass is 19.4. The van der Waals surface area contributed by atoms with E-state index in [1.165, 1.54) is 25.3 Å². The molecule has 4 nitrogen and oxygen atoms in total. The lowest BCUT2D eigenvalue weighted by Gasteiger charge is -2.43. The summed E-state index contributed by atoms with van der Waals surface area (Å²) >= 11 is 0. The molecular formula is C26H34F4N2O2. The standard InChI is InChI=1S/C26H34F4N2O2/c1-18-6-8-22(19(2)14-18)32-12-10-31(11-13-32)17-25(33,26(28,29)30)16-24(3,4)21-15-20(27)7-9-23(21)34-5/h6-9,14-15,33H,10-13,16-17H2,1-5H3. The van der Waals surface area contributed by atoms with Crippen molar-refractivity contribution in [3.63, 3.8) is 0 Å². The lowest BCUT2D eigenvalue weighted by Crippen LogP contribution is -2.59. The predicted octanol–water partition coefficient (Wildman–Crippen LogP) is 5.23. The molecular weight excluding hydrogens is 448 g/mol. The number of nitrogens with zero attached hydrogens (tertiary/aromatic N) is 2. The maximum absolute atomic E-state index is 14.2. The van der Waals surface area contributed by atoms with Crippen molar-refractivity contribution in [3.8, 4) is 5.75 Å². The first-order chi connectivity index (χ1) is 15.8. The Labute approximate surface area is 199 Å². The number of β-amino-alcohol motifs (C(OH)–C–C–N with tert-alkyl or cyclic N) is 1. The smallest absolute Gasteiger partial charge is 0.418 e. The van der Waals surface area contributed by atoms with Gasteiger partial charge in [0.15, 0.2) is 5.60 Å². The van der Waals surface area contributed by atoms with Crippen LogP contribution in [0.2, 0.25) is 0 Å².